The van der Waals surface area contributed by atoms with Crippen LogP contribution in [0, 0.1) is 0 Å². The van der Waals surface area contributed by atoms with E-state index in [0.717, 1.165) is 63.8 Å². The maximum absolute atomic E-state index is 4.84. The Morgan fingerprint density at radius 1 is 1.23 bits per heavy atom. The fraction of sp³-hybridized carbons (Fsp3) is 0.583. The molecule has 2 unspecified atom stereocenters. The molecule has 2 aliphatic heterocycles. The summed E-state index contributed by atoms with van der Waals surface area (Å²) < 4.78 is 0. The van der Waals surface area contributed by atoms with Crippen molar-refractivity contribution in [1.82, 2.24) is 20.5 Å². The van der Waals surface area contributed by atoms with Crippen molar-refractivity contribution in [3.05, 3.63) is 47.0 Å². The van der Waals surface area contributed by atoms with E-state index in [9.17, 15) is 0 Å². The number of likely N-dealkylation sites (tertiary alicyclic amines) is 1. The molecule has 2 fully saturated rings. The molecule has 1 aromatic heterocycles. The second-order valence-electron chi connectivity index (χ2n) is 8.67. The fourth-order valence-corrected chi connectivity index (χ4v) is 5.42. The van der Waals surface area contributed by atoms with Gasteiger partial charge in [-0.3, -0.25) is 9.89 Å². The molecule has 2 aromatic rings. The highest BCUT2D eigenvalue weighted by atomic mass is 32.1. The molecule has 0 radical (unpaired) electrons. The van der Waals surface area contributed by atoms with Crippen LogP contribution >= 0.6 is 11.3 Å². The van der Waals surface area contributed by atoms with Crippen LogP contribution in [0.4, 0.5) is 5.13 Å². The molecule has 0 saturated carbocycles. The van der Waals surface area contributed by atoms with E-state index < -0.39 is 0 Å². The van der Waals surface area contributed by atoms with E-state index in [2.05, 4.69) is 70.0 Å². The third-order valence-electron chi connectivity index (χ3n) is 6.17. The molecule has 168 valence electrons. The summed E-state index contributed by atoms with van der Waals surface area (Å²) in [7, 11) is 0. The second kappa shape index (κ2) is 11.0. The number of benzene rings is 1. The number of aromatic nitrogens is 1. The lowest BCUT2D eigenvalue weighted by Gasteiger charge is -2.21. The molecule has 0 spiro atoms. The van der Waals surface area contributed by atoms with Crippen molar-refractivity contribution in [2.45, 2.75) is 58.2 Å². The third-order valence-corrected chi connectivity index (χ3v) is 7.12. The van der Waals surface area contributed by atoms with Crippen molar-refractivity contribution in [2.75, 3.05) is 37.6 Å². The lowest BCUT2D eigenvalue weighted by molar-refractivity contribution is 0.258. The predicted octanol–water partition coefficient (Wildman–Crippen LogP) is 3.50. The summed E-state index contributed by atoms with van der Waals surface area (Å²) >= 11 is 1.77. The van der Waals surface area contributed by atoms with E-state index >= 15 is 0 Å². The highest BCUT2D eigenvalue weighted by Gasteiger charge is 2.29. The second-order valence-corrected chi connectivity index (χ2v) is 9.50. The number of anilines is 1. The van der Waals surface area contributed by atoms with Gasteiger partial charge in [0.1, 0.15) is 0 Å². The molecule has 4 rings (SSSR count). The zero-order valence-electron chi connectivity index (χ0n) is 18.9. The van der Waals surface area contributed by atoms with Gasteiger partial charge < -0.3 is 15.5 Å². The van der Waals surface area contributed by atoms with Crippen LogP contribution < -0.4 is 15.5 Å². The molecule has 7 heteroatoms. The minimum Gasteiger partial charge on any atom is -0.357 e. The summed E-state index contributed by atoms with van der Waals surface area (Å²) in [4.78, 5) is 14.6. The molecule has 2 atom stereocenters. The van der Waals surface area contributed by atoms with Crippen LogP contribution in [0.15, 0.2) is 40.7 Å². The number of thiazole rings is 1. The number of hydrogen-bond donors (Lipinski definition) is 2. The van der Waals surface area contributed by atoms with Crippen molar-refractivity contribution in [2.24, 2.45) is 4.99 Å². The van der Waals surface area contributed by atoms with Crippen molar-refractivity contribution in [1.29, 1.82) is 0 Å². The SMILES string of the molecule is CCNC(=NCCc1csc(N2CCCC2)n1)NC1CC(C)N(Cc2ccccc2)C1. The van der Waals surface area contributed by atoms with Gasteiger partial charge in [0.25, 0.3) is 0 Å². The Bertz CT molecular complexity index is 830. The smallest absolute Gasteiger partial charge is 0.191 e. The molecular formula is C24H36N6S. The van der Waals surface area contributed by atoms with Gasteiger partial charge in [0.05, 0.1) is 5.69 Å². The Labute approximate surface area is 190 Å². The number of rotatable bonds is 8. The van der Waals surface area contributed by atoms with Gasteiger partial charge in [0, 0.05) is 63.2 Å². The first-order valence-corrected chi connectivity index (χ1v) is 12.6. The van der Waals surface area contributed by atoms with Crippen LogP contribution in [0.2, 0.25) is 0 Å². The van der Waals surface area contributed by atoms with Crippen LogP contribution in [-0.2, 0) is 13.0 Å². The zero-order chi connectivity index (χ0) is 21.5. The summed E-state index contributed by atoms with van der Waals surface area (Å²) in [5.41, 5.74) is 2.54. The Hall–Kier alpha value is -2.12. The molecule has 6 nitrogen and oxygen atoms in total. The summed E-state index contributed by atoms with van der Waals surface area (Å²) in [5.74, 6) is 0.927. The van der Waals surface area contributed by atoms with Gasteiger partial charge in [-0.15, -0.1) is 11.3 Å². The van der Waals surface area contributed by atoms with Crippen molar-refractivity contribution in [3.63, 3.8) is 0 Å². The van der Waals surface area contributed by atoms with E-state index in [-0.39, 0.29) is 0 Å². The monoisotopic (exact) mass is 440 g/mol. The maximum Gasteiger partial charge on any atom is 0.191 e. The van der Waals surface area contributed by atoms with Gasteiger partial charge in [-0.25, -0.2) is 4.98 Å². The van der Waals surface area contributed by atoms with Gasteiger partial charge in [0.15, 0.2) is 11.1 Å². The van der Waals surface area contributed by atoms with Gasteiger partial charge in [-0.2, -0.15) is 0 Å². The Kier molecular flexibility index (Phi) is 7.81. The minimum absolute atomic E-state index is 0.428. The van der Waals surface area contributed by atoms with Gasteiger partial charge in [0.2, 0.25) is 0 Å². The summed E-state index contributed by atoms with van der Waals surface area (Å²) in [6, 6.07) is 11.8. The van der Waals surface area contributed by atoms with E-state index in [1.54, 1.807) is 11.3 Å². The largest absolute Gasteiger partial charge is 0.357 e. The highest BCUT2D eigenvalue weighted by molar-refractivity contribution is 7.13. The molecule has 31 heavy (non-hydrogen) atoms. The van der Waals surface area contributed by atoms with Gasteiger partial charge in [-0.05, 0) is 38.7 Å². The molecule has 0 amide bonds. The van der Waals surface area contributed by atoms with Crippen LogP contribution in [0.3, 0.4) is 0 Å². The Morgan fingerprint density at radius 3 is 2.81 bits per heavy atom. The number of nitrogens with zero attached hydrogens (tertiary/aromatic N) is 4. The number of hydrogen-bond acceptors (Lipinski definition) is 5. The topological polar surface area (TPSA) is 55.8 Å². The Balaban J connectivity index is 1.27. The molecular weight excluding hydrogens is 404 g/mol. The summed E-state index contributed by atoms with van der Waals surface area (Å²) in [6.45, 7) is 10.4. The van der Waals surface area contributed by atoms with Crippen molar-refractivity contribution < 1.29 is 0 Å². The molecule has 0 bridgehead atoms. The first-order valence-electron chi connectivity index (χ1n) is 11.7. The predicted molar refractivity (Wildman–Crippen MR) is 131 cm³/mol. The van der Waals surface area contributed by atoms with Crippen LogP contribution in [0.25, 0.3) is 0 Å². The lowest BCUT2D eigenvalue weighted by atomic mass is 10.2. The minimum atomic E-state index is 0.428. The van der Waals surface area contributed by atoms with Crippen LogP contribution in [0.5, 0.6) is 0 Å². The van der Waals surface area contributed by atoms with Crippen molar-refractivity contribution in [3.8, 4) is 0 Å². The van der Waals surface area contributed by atoms with E-state index in [1.807, 2.05) is 0 Å². The molecule has 2 N–H and O–H groups in total. The molecule has 0 aliphatic carbocycles. The van der Waals surface area contributed by atoms with Gasteiger partial charge in [-0.1, -0.05) is 30.3 Å². The first kappa shape index (κ1) is 22.1. The molecule has 3 heterocycles. The fourth-order valence-electron chi connectivity index (χ4n) is 4.50. The molecule has 2 saturated heterocycles. The normalized spacial score (nSPS) is 22.3. The quantitative estimate of drug-likeness (QED) is 0.486. The van der Waals surface area contributed by atoms with Crippen molar-refractivity contribution >= 4 is 22.4 Å². The van der Waals surface area contributed by atoms with Gasteiger partial charge >= 0.3 is 0 Å². The van der Waals surface area contributed by atoms with E-state index in [4.69, 9.17) is 9.98 Å². The molecule has 2 aliphatic rings. The number of nitrogens with one attached hydrogen (secondary N) is 2. The third kappa shape index (κ3) is 6.20. The Morgan fingerprint density at radius 2 is 2.03 bits per heavy atom. The van der Waals surface area contributed by atoms with Crippen LogP contribution in [0.1, 0.15) is 44.4 Å². The molecule has 1 aromatic carbocycles. The number of guanidine groups is 1. The average Bonchev–Trinajstić information content (AvgIpc) is 3.51. The highest BCUT2D eigenvalue weighted by Crippen LogP contribution is 2.24. The first-order chi connectivity index (χ1) is 15.2. The number of aliphatic imine (C=N–C) groups is 1. The average molecular weight is 441 g/mol. The maximum atomic E-state index is 4.84. The van der Waals surface area contributed by atoms with Crippen LogP contribution in [-0.4, -0.2) is 60.7 Å². The summed E-state index contributed by atoms with van der Waals surface area (Å²) in [6.07, 6.45) is 4.61. The summed E-state index contributed by atoms with van der Waals surface area (Å²) in [5, 5.41) is 10.5. The van der Waals surface area contributed by atoms with E-state index in [1.165, 1.54) is 23.5 Å². The van der Waals surface area contributed by atoms with E-state index in [0.29, 0.717) is 12.1 Å². The standard InChI is InChI=1S/C24H36N6S/c1-3-25-23(26-12-11-21-18-31-24(28-21)29-13-7-8-14-29)27-22-15-19(2)30(17-22)16-20-9-5-4-6-10-20/h4-6,9-10,18-19,22H,3,7-8,11-17H2,1-2H3,(H2,25,26,27). The lowest BCUT2D eigenvalue weighted by Crippen LogP contribution is -2.44. The zero-order valence-corrected chi connectivity index (χ0v) is 19.7.